The van der Waals surface area contributed by atoms with Crippen LogP contribution in [-0.4, -0.2) is 38.1 Å². The van der Waals surface area contributed by atoms with Gasteiger partial charge in [0.25, 0.3) is 0 Å². The monoisotopic (exact) mass is 482 g/mol. The summed E-state index contributed by atoms with van der Waals surface area (Å²) >= 11 is 6.23. The fraction of sp³-hybridized carbons (Fsp3) is 0.308. The van der Waals surface area contributed by atoms with E-state index < -0.39 is 10.0 Å². The summed E-state index contributed by atoms with van der Waals surface area (Å²) in [6, 6.07) is 19.0. The van der Waals surface area contributed by atoms with Crippen molar-refractivity contribution >= 4 is 27.3 Å². The van der Waals surface area contributed by atoms with E-state index in [0.717, 1.165) is 53.6 Å². The van der Waals surface area contributed by atoms with Gasteiger partial charge in [0.1, 0.15) is 5.75 Å². The molecule has 172 valence electrons. The number of phenols is 1. The molecule has 0 saturated carbocycles. The number of hydrogen-bond acceptors (Lipinski definition) is 4. The standard InChI is InChI=1S/C26H27ClN2O3S/c1-29-13-12-18-14-22(27)25(30)15-21(18)26-20-8-5-9-23(19(20)10-11-24(26)29)28-33(31,32)16-17-6-3-2-4-7-17/h2-9,14-15,24,26,28,30H,10-13,16H2,1H3/t24-,26+/m0/s1. The SMILES string of the molecule is CN1CCc2cc(Cl)c(O)cc2[C@H]2c3cccc(NS(=O)(=O)Cc4ccccc4)c3CC[C@@H]21. The average Bonchev–Trinajstić information content (AvgIpc) is 2.91. The molecule has 0 amide bonds. The predicted octanol–water partition coefficient (Wildman–Crippen LogP) is 4.92. The third-order valence-corrected chi connectivity index (χ3v) is 8.48. The minimum atomic E-state index is -3.56. The van der Waals surface area contributed by atoms with E-state index in [0.29, 0.717) is 10.7 Å². The quantitative estimate of drug-likeness (QED) is 0.553. The molecule has 1 aliphatic carbocycles. The van der Waals surface area contributed by atoms with Gasteiger partial charge in [-0.1, -0.05) is 54.1 Å². The van der Waals surface area contributed by atoms with Gasteiger partial charge in [0.2, 0.25) is 10.0 Å². The topological polar surface area (TPSA) is 69.6 Å². The van der Waals surface area contributed by atoms with Crippen LogP contribution in [0.1, 0.15) is 40.2 Å². The first-order valence-electron chi connectivity index (χ1n) is 11.2. The third-order valence-electron chi connectivity index (χ3n) is 6.93. The molecule has 1 aliphatic heterocycles. The molecule has 0 saturated heterocycles. The predicted molar refractivity (Wildman–Crippen MR) is 133 cm³/mol. The van der Waals surface area contributed by atoms with Crippen LogP contribution in [0, 0.1) is 0 Å². The van der Waals surface area contributed by atoms with Gasteiger partial charge in [-0.25, -0.2) is 8.42 Å². The van der Waals surface area contributed by atoms with Crippen molar-refractivity contribution in [1.82, 2.24) is 4.90 Å². The Bertz CT molecular complexity index is 1290. The van der Waals surface area contributed by atoms with E-state index in [1.165, 1.54) is 0 Å². The Labute approximate surface area is 200 Å². The molecule has 0 bridgehead atoms. The number of anilines is 1. The van der Waals surface area contributed by atoms with E-state index in [4.69, 9.17) is 11.6 Å². The zero-order chi connectivity index (χ0) is 23.2. The number of halogens is 1. The number of rotatable bonds is 4. The van der Waals surface area contributed by atoms with Gasteiger partial charge in [-0.05, 0) is 72.3 Å². The number of benzene rings is 3. The van der Waals surface area contributed by atoms with Crippen LogP contribution in [0.4, 0.5) is 5.69 Å². The molecule has 0 spiro atoms. The molecule has 7 heteroatoms. The molecule has 0 fully saturated rings. The van der Waals surface area contributed by atoms with Crippen LogP contribution < -0.4 is 4.72 Å². The van der Waals surface area contributed by atoms with E-state index in [1.54, 1.807) is 6.07 Å². The first-order valence-corrected chi connectivity index (χ1v) is 13.2. The van der Waals surface area contributed by atoms with E-state index in [9.17, 15) is 13.5 Å². The number of nitrogens with one attached hydrogen (secondary N) is 1. The lowest BCUT2D eigenvalue weighted by Gasteiger charge is -2.39. The summed E-state index contributed by atoms with van der Waals surface area (Å²) in [6.45, 7) is 0.911. The number of hydrogen-bond donors (Lipinski definition) is 2. The minimum Gasteiger partial charge on any atom is -0.506 e. The summed E-state index contributed by atoms with van der Waals surface area (Å²) in [5, 5.41) is 10.8. The molecule has 2 aliphatic rings. The van der Waals surface area contributed by atoms with Gasteiger partial charge < -0.3 is 10.0 Å². The van der Waals surface area contributed by atoms with Crippen LogP contribution in [0.2, 0.25) is 5.02 Å². The average molecular weight is 483 g/mol. The molecule has 5 rings (SSSR count). The Morgan fingerprint density at radius 2 is 1.85 bits per heavy atom. The molecule has 2 N–H and O–H groups in total. The lowest BCUT2D eigenvalue weighted by atomic mass is 9.74. The van der Waals surface area contributed by atoms with Crippen molar-refractivity contribution in [3.05, 3.63) is 93.5 Å². The maximum Gasteiger partial charge on any atom is 0.236 e. The summed E-state index contributed by atoms with van der Waals surface area (Å²) in [7, 11) is -1.42. The highest BCUT2D eigenvalue weighted by Gasteiger charge is 2.38. The van der Waals surface area contributed by atoms with Crippen LogP contribution in [0.25, 0.3) is 0 Å². The molecule has 5 nitrogen and oxygen atoms in total. The first kappa shape index (κ1) is 22.3. The second-order valence-electron chi connectivity index (χ2n) is 9.04. The van der Waals surface area contributed by atoms with Gasteiger partial charge in [-0.15, -0.1) is 0 Å². The molecule has 0 unspecified atom stereocenters. The second-order valence-corrected chi connectivity index (χ2v) is 11.2. The number of phenolic OH excluding ortho intramolecular Hbond substituents is 1. The Balaban J connectivity index is 1.55. The van der Waals surface area contributed by atoms with E-state index in [-0.39, 0.29) is 23.5 Å². The Kier molecular flexibility index (Phi) is 5.85. The van der Waals surface area contributed by atoms with Crippen molar-refractivity contribution in [2.45, 2.75) is 37.0 Å². The summed E-state index contributed by atoms with van der Waals surface area (Å²) < 4.78 is 28.8. The van der Waals surface area contributed by atoms with Crippen LogP contribution in [-0.2, 0) is 28.6 Å². The smallest absolute Gasteiger partial charge is 0.236 e. The molecular weight excluding hydrogens is 456 g/mol. The van der Waals surface area contributed by atoms with Gasteiger partial charge in [-0.2, -0.15) is 0 Å². The van der Waals surface area contributed by atoms with Crippen LogP contribution in [0.3, 0.4) is 0 Å². The molecule has 2 atom stereocenters. The minimum absolute atomic E-state index is 0.0398. The molecule has 0 aromatic heterocycles. The summed E-state index contributed by atoms with van der Waals surface area (Å²) in [5.41, 5.74) is 5.76. The van der Waals surface area contributed by atoms with E-state index in [1.807, 2.05) is 48.5 Å². The fourth-order valence-electron chi connectivity index (χ4n) is 5.37. The maximum absolute atomic E-state index is 13.0. The molecule has 1 heterocycles. The summed E-state index contributed by atoms with van der Waals surface area (Å²) in [5.74, 6) is 0.0603. The van der Waals surface area contributed by atoms with Crippen molar-refractivity contribution in [3.8, 4) is 5.75 Å². The number of sulfonamides is 1. The van der Waals surface area contributed by atoms with Gasteiger partial charge >= 0.3 is 0 Å². The van der Waals surface area contributed by atoms with Gasteiger partial charge in [0.15, 0.2) is 0 Å². The van der Waals surface area contributed by atoms with Crippen LogP contribution in [0.15, 0.2) is 60.7 Å². The number of fused-ring (bicyclic) bond motifs is 5. The molecule has 0 radical (unpaired) electrons. The van der Waals surface area contributed by atoms with Gasteiger partial charge in [-0.3, -0.25) is 4.72 Å². The third kappa shape index (κ3) is 4.35. The number of aromatic hydroxyl groups is 1. The van der Waals surface area contributed by atoms with Crippen molar-refractivity contribution in [2.75, 3.05) is 18.3 Å². The molecule has 33 heavy (non-hydrogen) atoms. The van der Waals surface area contributed by atoms with Crippen LogP contribution in [0.5, 0.6) is 5.75 Å². The van der Waals surface area contributed by atoms with Crippen molar-refractivity contribution in [2.24, 2.45) is 0 Å². The van der Waals surface area contributed by atoms with Crippen molar-refractivity contribution < 1.29 is 13.5 Å². The summed E-state index contributed by atoms with van der Waals surface area (Å²) in [6.07, 6.45) is 2.56. The fourth-order valence-corrected chi connectivity index (χ4v) is 6.79. The highest BCUT2D eigenvalue weighted by Crippen LogP contribution is 2.46. The van der Waals surface area contributed by atoms with E-state index >= 15 is 0 Å². The molecule has 3 aromatic carbocycles. The Hall–Kier alpha value is -2.54. The zero-order valence-electron chi connectivity index (χ0n) is 18.5. The van der Waals surface area contributed by atoms with Gasteiger partial charge in [0, 0.05) is 18.5 Å². The Morgan fingerprint density at radius 1 is 1.06 bits per heavy atom. The normalized spacial score (nSPS) is 20.3. The highest BCUT2D eigenvalue weighted by atomic mass is 35.5. The zero-order valence-corrected chi connectivity index (χ0v) is 20.0. The Morgan fingerprint density at radius 3 is 2.64 bits per heavy atom. The molecule has 3 aromatic rings. The number of likely N-dealkylation sites (N-methyl/N-ethyl adjacent to an activating group) is 1. The van der Waals surface area contributed by atoms with Crippen molar-refractivity contribution in [3.63, 3.8) is 0 Å². The van der Waals surface area contributed by atoms with Gasteiger partial charge in [0.05, 0.1) is 16.5 Å². The first-order chi connectivity index (χ1) is 15.8. The van der Waals surface area contributed by atoms with Crippen molar-refractivity contribution in [1.29, 1.82) is 0 Å². The maximum atomic E-state index is 13.0. The highest BCUT2D eigenvalue weighted by molar-refractivity contribution is 7.91. The second kappa shape index (κ2) is 8.67. The molecular formula is C26H27ClN2O3S. The largest absolute Gasteiger partial charge is 0.506 e. The lowest BCUT2D eigenvalue weighted by Crippen LogP contribution is -2.39. The van der Waals surface area contributed by atoms with Crippen LogP contribution >= 0.6 is 11.6 Å². The lowest BCUT2D eigenvalue weighted by molar-refractivity contribution is 0.214. The number of nitrogens with zero attached hydrogens (tertiary/aromatic N) is 1. The summed E-state index contributed by atoms with van der Waals surface area (Å²) in [4.78, 5) is 2.38. The van der Waals surface area contributed by atoms with E-state index in [2.05, 4.69) is 22.7 Å².